The minimum Gasteiger partial charge on any atom is -0.370 e. The molecule has 0 atom stereocenters. The highest BCUT2D eigenvalue weighted by Gasteiger charge is 2.08. The summed E-state index contributed by atoms with van der Waals surface area (Å²) in [6.45, 7) is 3.25. The van der Waals surface area contributed by atoms with Crippen LogP contribution in [0.1, 0.15) is 23.2 Å². The summed E-state index contributed by atoms with van der Waals surface area (Å²) in [6.07, 6.45) is 2.27. The molecule has 0 radical (unpaired) electrons. The number of pyridine rings is 1. The molecule has 0 aliphatic heterocycles. The van der Waals surface area contributed by atoms with Crippen LogP contribution in [0, 0.1) is 0 Å². The molecule has 0 unspecified atom stereocenters. The van der Waals surface area contributed by atoms with Crippen LogP contribution in [0.3, 0.4) is 0 Å². The summed E-state index contributed by atoms with van der Waals surface area (Å²) in [4.78, 5) is 16.2. The van der Waals surface area contributed by atoms with Crippen molar-refractivity contribution in [3.8, 4) is 0 Å². The van der Waals surface area contributed by atoms with Crippen molar-refractivity contribution in [3.05, 3.63) is 36.0 Å². The number of hydrogen-bond acceptors (Lipinski definition) is 5. The average Bonchev–Trinajstić information content (AvgIpc) is 2.85. The third kappa shape index (κ3) is 3.53. The van der Waals surface area contributed by atoms with Crippen LogP contribution in [0.2, 0.25) is 0 Å². The predicted octanol–water partition coefficient (Wildman–Crippen LogP) is 0.614. The van der Waals surface area contributed by atoms with Gasteiger partial charge in [-0.3, -0.25) is 4.79 Å². The Hall–Kier alpha value is -2.44. The number of aryl methyl sites for hydroxylation is 1. The van der Waals surface area contributed by atoms with Crippen LogP contribution < -0.4 is 10.6 Å². The standard InChI is InChI=1S/C13H18N6O/c1-3-14-11-6-4-5-10(17-11)13(20)15-8-7-12-18-16-9-19(12)2/h4-6,9H,3,7-8H2,1-2H3,(H,14,17)(H,15,20). The van der Waals surface area contributed by atoms with E-state index in [1.165, 1.54) is 0 Å². The van der Waals surface area contributed by atoms with Crippen LogP contribution >= 0.6 is 0 Å². The summed E-state index contributed by atoms with van der Waals surface area (Å²) in [5, 5.41) is 13.6. The van der Waals surface area contributed by atoms with E-state index >= 15 is 0 Å². The number of nitrogens with one attached hydrogen (secondary N) is 2. The Kier molecular flexibility index (Phi) is 4.65. The van der Waals surface area contributed by atoms with Crippen LogP contribution in [0.5, 0.6) is 0 Å². The normalized spacial score (nSPS) is 10.3. The molecule has 0 spiro atoms. The van der Waals surface area contributed by atoms with Crippen molar-refractivity contribution in [2.45, 2.75) is 13.3 Å². The lowest BCUT2D eigenvalue weighted by Crippen LogP contribution is -2.27. The lowest BCUT2D eigenvalue weighted by atomic mass is 10.3. The van der Waals surface area contributed by atoms with Gasteiger partial charge in [0.05, 0.1) is 0 Å². The molecule has 0 saturated carbocycles. The quantitative estimate of drug-likeness (QED) is 0.806. The predicted molar refractivity (Wildman–Crippen MR) is 75.4 cm³/mol. The number of hydrogen-bond donors (Lipinski definition) is 2. The van der Waals surface area contributed by atoms with Gasteiger partial charge in [0.15, 0.2) is 0 Å². The molecule has 1 amide bonds. The highest BCUT2D eigenvalue weighted by molar-refractivity contribution is 5.92. The molecule has 7 heteroatoms. The minimum absolute atomic E-state index is 0.188. The van der Waals surface area contributed by atoms with Crippen LogP contribution in [0.25, 0.3) is 0 Å². The van der Waals surface area contributed by atoms with E-state index in [2.05, 4.69) is 25.8 Å². The Morgan fingerprint density at radius 3 is 2.95 bits per heavy atom. The summed E-state index contributed by atoms with van der Waals surface area (Å²) >= 11 is 0. The molecule has 7 nitrogen and oxygen atoms in total. The van der Waals surface area contributed by atoms with E-state index in [-0.39, 0.29) is 5.91 Å². The zero-order valence-electron chi connectivity index (χ0n) is 11.6. The van der Waals surface area contributed by atoms with Gasteiger partial charge in [0.25, 0.3) is 5.91 Å². The molecule has 2 aromatic heterocycles. The molecule has 106 valence electrons. The lowest BCUT2D eigenvalue weighted by molar-refractivity contribution is 0.0949. The van der Waals surface area contributed by atoms with Gasteiger partial charge in [0.1, 0.15) is 23.7 Å². The fourth-order valence-corrected chi connectivity index (χ4v) is 1.75. The topological polar surface area (TPSA) is 84.7 Å². The van der Waals surface area contributed by atoms with Crippen molar-refractivity contribution in [1.29, 1.82) is 0 Å². The third-order valence-corrected chi connectivity index (χ3v) is 2.78. The molecule has 0 saturated heterocycles. The smallest absolute Gasteiger partial charge is 0.269 e. The fourth-order valence-electron chi connectivity index (χ4n) is 1.75. The number of amides is 1. The first-order valence-corrected chi connectivity index (χ1v) is 6.52. The van der Waals surface area contributed by atoms with Gasteiger partial charge >= 0.3 is 0 Å². The zero-order chi connectivity index (χ0) is 14.4. The van der Waals surface area contributed by atoms with E-state index in [4.69, 9.17) is 0 Å². The molecule has 0 aromatic carbocycles. The van der Waals surface area contributed by atoms with Gasteiger partial charge in [0.2, 0.25) is 0 Å². The summed E-state index contributed by atoms with van der Waals surface area (Å²) in [5.74, 6) is 1.35. The van der Waals surface area contributed by atoms with Gasteiger partial charge in [-0.05, 0) is 19.1 Å². The van der Waals surface area contributed by atoms with E-state index in [9.17, 15) is 4.79 Å². The molecule has 20 heavy (non-hydrogen) atoms. The van der Waals surface area contributed by atoms with E-state index in [0.29, 0.717) is 24.5 Å². The summed E-state index contributed by atoms with van der Waals surface area (Å²) in [5.41, 5.74) is 0.404. The van der Waals surface area contributed by atoms with Crippen LogP contribution in [-0.4, -0.2) is 38.7 Å². The number of anilines is 1. The second-order valence-electron chi connectivity index (χ2n) is 4.30. The monoisotopic (exact) mass is 274 g/mol. The molecule has 0 bridgehead atoms. The average molecular weight is 274 g/mol. The second kappa shape index (κ2) is 6.65. The summed E-state index contributed by atoms with van der Waals surface area (Å²) < 4.78 is 1.83. The van der Waals surface area contributed by atoms with Crippen LogP contribution in [0.4, 0.5) is 5.82 Å². The van der Waals surface area contributed by atoms with Crippen molar-refractivity contribution in [2.24, 2.45) is 7.05 Å². The van der Waals surface area contributed by atoms with Gasteiger partial charge in [-0.15, -0.1) is 10.2 Å². The highest BCUT2D eigenvalue weighted by atomic mass is 16.1. The van der Waals surface area contributed by atoms with Gasteiger partial charge in [-0.25, -0.2) is 4.98 Å². The number of aromatic nitrogens is 4. The van der Waals surface area contributed by atoms with Gasteiger partial charge < -0.3 is 15.2 Å². The maximum atomic E-state index is 12.0. The van der Waals surface area contributed by atoms with Crippen molar-refractivity contribution in [3.63, 3.8) is 0 Å². The minimum atomic E-state index is -0.188. The Morgan fingerprint density at radius 1 is 1.40 bits per heavy atom. The molecular formula is C13H18N6O. The Balaban J connectivity index is 1.88. The maximum absolute atomic E-state index is 12.0. The molecule has 0 fully saturated rings. The zero-order valence-corrected chi connectivity index (χ0v) is 11.6. The number of carbonyl (C=O) groups is 1. The largest absolute Gasteiger partial charge is 0.370 e. The molecule has 2 rings (SSSR count). The Labute approximate surface area is 117 Å². The first-order chi connectivity index (χ1) is 9.70. The van der Waals surface area contributed by atoms with Crippen molar-refractivity contribution >= 4 is 11.7 Å². The van der Waals surface area contributed by atoms with E-state index in [0.717, 1.165) is 12.4 Å². The second-order valence-corrected chi connectivity index (χ2v) is 4.30. The van der Waals surface area contributed by atoms with Crippen LogP contribution in [0.15, 0.2) is 24.5 Å². The lowest BCUT2D eigenvalue weighted by Gasteiger charge is -2.06. The number of carbonyl (C=O) groups excluding carboxylic acids is 1. The number of rotatable bonds is 6. The van der Waals surface area contributed by atoms with Crippen molar-refractivity contribution in [1.82, 2.24) is 25.1 Å². The summed E-state index contributed by atoms with van der Waals surface area (Å²) in [7, 11) is 1.87. The fraction of sp³-hybridized carbons (Fsp3) is 0.385. The molecular weight excluding hydrogens is 256 g/mol. The van der Waals surface area contributed by atoms with E-state index < -0.39 is 0 Å². The SMILES string of the molecule is CCNc1cccc(C(=O)NCCc2nncn2C)n1. The molecule has 2 aromatic rings. The Morgan fingerprint density at radius 2 is 2.25 bits per heavy atom. The van der Waals surface area contributed by atoms with Crippen molar-refractivity contribution < 1.29 is 4.79 Å². The molecule has 0 aliphatic rings. The first kappa shape index (κ1) is 14.0. The maximum Gasteiger partial charge on any atom is 0.269 e. The van der Waals surface area contributed by atoms with Gasteiger partial charge in [-0.1, -0.05) is 6.07 Å². The molecule has 0 aliphatic carbocycles. The van der Waals surface area contributed by atoms with E-state index in [1.807, 2.05) is 30.7 Å². The first-order valence-electron chi connectivity index (χ1n) is 6.52. The Bertz CT molecular complexity index is 580. The third-order valence-electron chi connectivity index (χ3n) is 2.78. The van der Waals surface area contributed by atoms with Gasteiger partial charge in [0, 0.05) is 26.6 Å². The van der Waals surface area contributed by atoms with Crippen molar-refractivity contribution in [2.75, 3.05) is 18.4 Å². The summed E-state index contributed by atoms with van der Waals surface area (Å²) in [6, 6.07) is 5.33. The van der Waals surface area contributed by atoms with E-state index in [1.54, 1.807) is 12.4 Å². The molecule has 2 heterocycles. The highest BCUT2D eigenvalue weighted by Crippen LogP contribution is 2.04. The van der Waals surface area contributed by atoms with Gasteiger partial charge in [-0.2, -0.15) is 0 Å². The van der Waals surface area contributed by atoms with Crippen LogP contribution in [-0.2, 0) is 13.5 Å². The number of nitrogens with zero attached hydrogens (tertiary/aromatic N) is 4. The molecule has 2 N–H and O–H groups in total.